The average molecular weight is 188 g/mol. The second-order valence-electron chi connectivity index (χ2n) is 2.55. The minimum Gasteiger partial charge on any atom is -0.384 e. The normalized spacial score (nSPS) is 8.57. The molecular weight excluding hydrogens is 176 g/mol. The molecule has 72 valence electrons. The quantitative estimate of drug-likeness (QED) is 0.467. The second kappa shape index (κ2) is 5.53. The number of benzene rings is 1. The fourth-order valence-electron chi connectivity index (χ4n) is 0.833. The van der Waals surface area contributed by atoms with Crippen LogP contribution in [0.5, 0.6) is 0 Å². The standard InChI is InChI=1S/C7H8N2.C3H4N2/c8-7(9)6-4-2-1-3-5-6;1-2-4-5-3-1/h1-5H,(H3,8,9);1-3H,(H,4,5). The Hall–Kier alpha value is -2.10. The second-order valence-corrected chi connectivity index (χ2v) is 2.55. The van der Waals surface area contributed by atoms with E-state index in [4.69, 9.17) is 11.1 Å². The zero-order valence-corrected chi connectivity index (χ0v) is 7.64. The summed E-state index contributed by atoms with van der Waals surface area (Å²) in [6, 6.07) is 11.1. The van der Waals surface area contributed by atoms with E-state index in [-0.39, 0.29) is 5.84 Å². The van der Waals surface area contributed by atoms with Crippen molar-refractivity contribution in [2.75, 3.05) is 0 Å². The first kappa shape index (κ1) is 9.98. The first-order valence-electron chi connectivity index (χ1n) is 4.14. The molecule has 0 bridgehead atoms. The first-order chi connectivity index (χ1) is 6.80. The zero-order valence-electron chi connectivity index (χ0n) is 7.64. The molecule has 0 aliphatic rings. The number of nitrogens with zero attached hydrogens (tertiary/aromatic N) is 1. The van der Waals surface area contributed by atoms with E-state index in [2.05, 4.69) is 10.2 Å². The van der Waals surface area contributed by atoms with Crippen molar-refractivity contribution in [3.63, 3.8) is 0 Å². The van der Waals surface area contributed by atoms with E-state index in [0.717, 1.165) is 5.56 Å². The number of aromatic nitrogens is 2. The van der Waals surface area contributed by atoms with Crippen LogP contribution in [0.4, 0.5) is 0 Å². The number of H-pyrrole nitrogens is 1. The lowest BCUT2D eigenvalue weighted by Gasteiger charge is -1.93. The molecule has 4 N–H and O–H groups in total. The number of hydrogen-bond acceptors (Lipinski definition) is 2. The summed E-state index contributed by atoms with van der Waals surface area (Å²) in [5.41, 5.74) is 5.97. The minimum absolute atomic E-state index is 0.121. The summed E-state index contributed by atoms with van der Waals surface area (Å²) in [6.07, 6.45) is 3.46. The summed E-state index contributed by atoms with van der Waals surface area (Å²) in [5.74, 6) is 0.121. The fraction of sp³-hybridized carbons (Fsp3) is 0. The third kappa shape index (κ3) is 3.53. The monoisotopic (exact) mass is 188 g/mol. The molecule has 0 radical (unpaired) electrons. The van der Waals surface area contributed by atoms with Gasteiger partial charge in [-0.05, 0) is 6.07 Å². The Labute approximate surface area is 82.3 Å². The van der Waals surface area contributed by atoms with Crippen LogP contribution in [0.3, 0.4) is 0 Å². The van der Waals surface area contributed by atoms with Crippen molar-refractivity contribution in [1.82, 2.24) is 10.2 Å². The van der Waals surface area contributed by atoms with Gasteiger partial charge in [0, 0.05) is 18.0 Å². The number of nitrogens with two attached hydrogens (primary N) is 1. The molecule has 2 aromatic rings. The van der Waals surface area contributed by atoms with Crippen molar-refractivity contribution in [3.8, 4) is 0 Å². The van der Waals surface area contributed by atoms with E-state index >= 15 is 0 Å². The van der Waals surface area contributed by atoms with Crippen LogP contribution >= 0.6 is 0 Å². The third-order valence-corrected chi connectivity index (χ3v) is 1.49. The van der Waals surface area contributed by atoms with E-state index < -0.39 is 0 Å². The Bertz CT molecular complexity index is 336. The van der Waals surface area contributed by atoms with Crippen molar-refractivity contribution in [2.24, 2.45) is 5.73 Å². The van der Waals surface area contributed by atoms with Gasteiger partial charge in [-0.2, -0.15) is 5.10 Å². The molecule has 0 spiro atoms. The van der Waals surface area contributed by atoms with Gasteiger partial charge in [0.1, 0.15) is 5.84 Å². The van der Waals surface area contributed by atoms with E-state index in [0.29, 0.717) is 0 Å². The summed E-state index contributed by atoms with van der Waals surface area (Å²) in [5, 5.41) is 13.2. The van der Waals surface area contributed by atoms with Crippen LogP contribution in [0.2, 0.25) is 0 Å². The van der Waals surface area contributed by atoms with Gasteiger partial charge in [-0.15, -0.1) is 0 Å². The molecule has 0 fully saturated rings. The first-order valence-corrected chi connectivity index (χ1v) is 4.14. The molecule has 0 aliphatic heterocycles. The number of nitrogen functional groups attached to an aromatic ring is 1. The average Bonchev–Trinajstić information content (AvgIpc) is 2.77. The smallest absolute Gasteiger partial charge is 0.122 e. The maximum absolute atomic E-state index is 7.01. The van der Waals surface area contributed by atoms with Gasteiger partial charge in [0.15, 0.2) is 0 Å². The fourth-order valence-corrected chi connectivity index (χ4v) is 0.833. The van der Waals surface area contributed by atoms with E-state index in [1.807, 2.05) is 36.4 Å². The van der Waals surface area contributed by atoms with Gasteiger partial charge in [-0.3, -0.25) is 10.5 Å². The Morgan fingerprint density at radius 2 is 1.93 bits per heavy atom. The van der Waals surface area contributed by atoms with Gasteiger partial charge in [-0.25, -0.2) is 0 Å². The van der Waals surface area contributed by atoms with Gasteiger partial charge in [-0.1, -0.05) is 30.3 Å². The molecule has 0 amide bonds. The molecule has 1 aromatic heterocycles. The Morgan fingerprint density at radius 3 is 2.21 bits per heavy atom. The zero-order chi connectivity index (χ0) is 10.2. The number of rotatable bonds is 1. The summed E-state index contributed by atoms with van der Waals surface area (Å²) in [4.78, 5) is 0. The number of aromatic amines is 1. The molecule has 0 unspecified atom stereocenters. The van der Waals surface area contributed by atoms with Crippen molar-refractivity contribution < 1.29 is 0 Å². The maximum Gasteiger partial charge on any atom is 0.122 e. The number of hydrogen-bond donors (Lipinski definition) is 3. The van der Waals surface area contributed by atoms with Gasteiger partial charge in [0.05, 0.1) is 0 Å². The highest BCUT2D eigenvalue weighted by Gasteiger charge is 1.89. The molecule has 0 saturated heterocycles. The lowest BCUT2D eigenvalue weighted by Crippen LogP contribution is -2.10. The van der Waals surface area contributed by atoms with E-state index in [1.165, 1.54) is 0 Å². The lowest BCUT2D eigenvalue weighted by atomic mass is 10.2. The topological polar surface area (TPSA) is 78.6 Å². The predicted octanol–water partition coefficient (Wildman–Crippen LogP) is 1.38. The highest BCUT2D eigenvalue weighted by atomic mass is 15.1. The molecule has 14 heavy (non-hydrogen) atoms. The molecule has 2 rings (SSSR count). The lowest BCUT2D eigenvalue weighted by molar-refractivity contribution is 1.09. The number of nitrogens with one attached hydrogen (secondary N) is 2. The third-order valence-electron chi connectivity index (χ3n) is 1.49. The van der Waals surface area contributed by atoms with Crippen LogP contribution in [0.15, 0.2) is 48.8 Å². The van der Waals surface area contributed by atoms with Crippen LogP contribution in [0, 0.1) is 5.41 Å². The van der Waals surface area contributed by atoms with Crippen LogP contribution in [-0.4, -0.2) is 16.0 Å². The highest BCUT2D eigenvalue weighted by molar-refractivity contribution is 5.94. The van der Waals surface area contributed by atoms with Gasteiger partial charge in [0.2, 0.25) is 0 Å². The van der Waals surface area contributed by atoms with Crippen LogP contribution in [-0.2, 0) is 0 Å². The Morgan fingerprint density at radius 1 is 1.21 bits per heavy atom. The summed E-state index contributed by atoms with van der Waals surface area (Å²) in [7, 11) is 0. The molecule has 0 aliphatic carbocycles. The largest absolute Gasteiger partial charge is 0.384 e. The van der Waals surface area contributed by atoms with Crippen molar-refractivity contribution in [2.45, 2.75) is 0 Å². The highest BCUT2D eigenvalue weighted by Crippen LogP contribution is 1.94. The van der Waals surface area contributed by atoms with E-state index in [1.54, 1.807) is 12.4 Å². The molecular formula is C10H12N4. The maximum atomic E-state index is 7.01. The summed E-state index contributed by atoms with van der Waals surface area (Å²) >= 11 is 0. The molecule has 1 heterocycles. The van der Waals surface area contributed by atoms with Crippen molar-refractivity contribution in [3.05, 3.63) is 54.4 Å². The minimum atomic E-state index is 0.121. The van der Waals surface area contributed by atoms with Crippen molar-refractivity contribution in [1.29, 1.82) is 5.41 Å². The number of amidine groups is 1. The predicted molar refractivity (Wildman–Crippen MR) is 56.0 cm³/mol. The van der Waals surface area contributed by atoms with Gasteiger partial charge in [0.25, 0.3) is 0 Å². The van der Waals surface area contributed by atoms with E-state index in [9.17, 15) is 0 Å². The van der Waals surface area contributed by atoms with Crippen LogP contribution in [0.1, 0.15) is 5.56 Å². The van der Waals surface area contributed by atoms with Crippen molar-refractivity contribution >= 4 is 5.84 Å². The van der Waals surface area contributed by atoms with Crippen LogP contribution in [0.25, 0.3) is 0 Å². The molecule has 4 heteroatoms. The summed E-state index contributed by atoms with van der Waals surface area (Å²) in [6.45, 7) is 0. The van der Waals surface area contributed by atoms with Gasteiger partial charge < -0.3 is 5.73 Å². The Balaban J connectivity index is 0.000000165. The molecule has 4 nitrogen and oxygen atoms in total. The molecule has 0 atom stereocenters. The molecule has 0 saturated carbocycles. The molecule has 1 aromatic carbocycles. The van der Waals surface area contributed by atoms with Gasteiger partial charge >= 0.3 is 0 Å². The SMILES string of the molecule is N=C(N)c1ccccc1.c1cn[nH]c1. The Kier molecular flexibility index (Phi) is 3.94. The van der Waals surface area contributed by atoms with Crippen LogP contribution < -0.4 is 5.73 Å². The summed E-state index contributed by atoms with van der Waals surface area (Å²) < 4.78 is 0.